The van der Waals surface area contributed by atoms with Crippen molar-refractivity contribution < 1.29 is 9.59 Å². The molecule has 346 valence electrons. The first-order valence-electron chi connectivity index (χ1n) is 25.3. The van der Waals surface area contributed by atoms with Crippen molar-refractivity contribution in [2.75, 3.05) is 37.9 Å². The van der Waals surface area contributed by atoms with Crippen LogP contribution in [0.5, 0.6) is 0 Å². The Morgan fingerprint density at radius 2 is 1.24 bits per heavy atom. The van der Waals surface area contributed by atoms with Crippen molar-refractivity contribution >= 4 is 35.0 Å². The van der Waals surface area contributed by atoms with E-state index in [4.69, 9.17) is 34.7 Å². The fourth-order valence-corrected chi connectivity index (χ4v) is 17.3. The standard InChI is InChI=1S/C55H80Cl2N4O2/c1-38-26-51(28-40(12-10-21-56)29-53(27-38,34-51)47(62)60-23-17-45(58)49(2,3)36-60)42-15-9-11-39(25-42)16-19-55(20-22-57)43-30-52(41-13-7-6-8-14-41)31-44(55)33-54(32-43,35-52)48(63)61-24-18-46(59)50(4,5)37-61/h6-9,11,13-15,25,38,40,43-46H,10,12,16-24,26-37,58-59H2,1-5H3/t38?,40?,43?,44?,45-,46-,51?,52?,53?,54?,55?/m0/s1. The summed E-state index contributed by atoms with van der Waals surface area (Å²) >= 11 is 13.3. The zero-order valence-electron chi connectivity index (χ0n) is 39.5. The number of carbonyl (C=O) groups excluding carboxylic acids is 2. The second kappa shape index (κ2) is 16.9. The third-order valence-corrected chi connectivity index (χ3v) is 20.0. The van der Waals surface area contributed by atoms with Gasteiger partial charge in [-0.1, -0.05) is 89.2 Å². The van der Waals surface area contributed by atoms with Crippen molar-refractivity contribution in [3.8, 4) is 0 Å². The molecule has 8 heteroatoms. The van der Waals surface area contributed by atoms with E-state index in [1.807, 2.05) is 0 Å². The molecule has 63 heavy (non-hydrogen) atoms. The van der Waals surface area contributed by atoms with Gasteiger partial charge in [0, 0.05) is 50.0 Å². The Morgan fingerprint density at radius 3 is 1.81 bits per heavy atom. The van der Waals surface area contributed by atoms with Gasteiger partial charge in [0.15, 0.2) is 0 Å². The van der Waals surface area contributed by atoms with Crippen molar-refractivity contribution in [1.29, 1.82) is 0 Å². The zero-order chi connectivity index (χ0) is 44.6. The van der Waals surface area contributed by atoms with Crippen LogP contribution in [-0.4, -0.2) is 71.6 Å². The molecule has 6 saturated carbocycles. The maximum absolute atomic E-state index is 15.2. The van der Waals surface area contributed by atoms with Gasteiger partial charge in [-0.25, -0.2) is 0 Å². The van der Waals surface area contributed by atoms with Crippen LogP contribution in [-0.2, 0) is 26.8 Å². The van der Waals surface area contributed by atoms with E-state index in [2.05, 4.69) is 99.0 Å². The van der Waals surface area contributed by atoms with Gasteiger partial charge in [-0.15, -0.1) is 23.2 Å². The number of hydrogen-bond donors (Lipinski definition) is 2. The Bertz CT molecular complexity index is 1990. The molecule has 2 amide bonds. The highest BCUT2D eigenvalue weighted by Gasteiger charge is 2.69. The summed E-state index contributed by atoms with van der Waals surface area (Å²) in [6, 6.07) is 21.2. The summed E-state index contributed by atoms with van der Waals surface area (Å²) in [6.45, 7) is 14.4. The molecule has 6 nitrogen and oxygen atoms in total. The van der Waals surface area contributed by atoms with Crippen molar-refractivity contribution in [3.63, 3.8) is 0 Å². The Hall–Kier alpha value is -2.12. The normalized spacial score (nSPS) is 40.2. The van der Waals surface area contributed by atoms with Gasteiger partial charge < -0.3 is 21.3 Å². The predicted octanol–water partition coefficient (Wildman–Crippen LogP) is 11.0. The molecule has 2 saturated heterocycles. The van der Waals surface area contributed by atoms with Crippen LogP contribution in [0, 0.1) is 50.7 Å². The number of nitrogens with two attached hydrogens (primary N) is 2. The molecule has 2 heterocycles. The summed E-state index contributed by atoms with van der Waals surface area (Å²) in [5.74, 6) is 3.99. The summed E-state index contributed by atoms with van der Waals surface area (Å²) in [5, 5.41) is 0. The topological polar surface area (TPSA) is 92.7 Å². The second-order valence-electron chi connectivity index (χ2n) is 24.8. The minimum Gasteiger partial charge on any atom is -0.342 e. The van der Waals surface area contributed by atoms with Gasteiger partial charge in [0.05, 0.1) is 10.8 Å². The van der Waals surface area contributed by atoms with Crippen LogP contribution in [0.2, 0.25) is 0 Å². The predicted molar refractivity (Wildman–Crippen MR) is 259 cm³/mol. The lowest BCUT2D eigenvalue weighted by molar-refractivity contribution is -0.191. The molecule has 4 N–H and O–H groups in total. The second-order valence-corrected chi connectivity index (χ2v) is 25.5. The number of amides is 2. The Kier molecular flexibility index (Phi) is 12.3. The van der Waals surface area contributed by atoms with Gasteiger partial charge in [0.25, 0.3) is 0 Å². The SMILES string of the molecule is CC1CC2(C(=O)N3CC[C@H](N)C(C)(C)C3)CC(CCCCl)CC(c3cccc(CCC4(CCCl)C5CC6(C(=O)N7CC[C@H](N)C(C)(C)C7)CC4CC(c4ccccc4)(C5)C6)c3)(C1)C2. The maximum atomic E-state index is 15.2. The lowest BCUT2D eigenvalue weighted by Crippen LogP contribution is -2.67. The average molecular weight is 900 g/mol. The first-order valence-corrected chi connectivity index (χ1v) is 26.4. The Morgan fingerprint density at radius 1 is 0.667 bits per heavy atom. The molecular formula is C55H80Cl2N4O2. The molecule has 8 aliphatic rings. The number of alkyl halides is 2. The molecule has 6 bridgehead atoms. The first kappa shape index (κ1) is 46.0. The first-order chi connectivity index (χ1) is 29.9. The van der Waals surface area contributed by atoms with E-state index < -0.39 is 0 Å². The highest BCUT2D eigenvalue weighted by molar-refractivity contribution is 6.18. The summed E-state index contributed by atoms with van der Waals surface area (Å²) < 4.78 is 0. The number of benzene rings is 2. The van der Waals surface area contributed by atoms with E-state index in [1.165, 1.54) is 16.7 Å². The van der Waals surface area contributed by atoms with Crippen LogP contribution in [0.3, 0.4) is 0 Å². The zero-order valence-corrected chi connectivity index (χ0v) is 41.1. The molecule has 0 radical (unpaired) electrons. The Labute approximate surface area is 390 Å². The molecule has 8 fully saturated rings. The van der Waals surface area contributed by atoms with Crippen LogP contribution in [0.4, 0.5) is 0 Å². The highest BCUT2D eigenvalue weighted by Crippen LogP contribution is 2.73. The number of carbonyl (C=O) groups is 2. The Balaban J connectivity index is 1.01. The lowest BCUT2D eigenvalue weighted by Gasteiger charge is -2.69. The molecule has 6 unspecified atom stereocenters. The molecule has 0 aromatic heterocycles. The van der Waals surface area contributed by atoms with E-state index in [-0.39, 0.29) is 50.0 Å². The summed E-state index contributed by atoms with van der Waals surface area (Å²) in [6.07, 6.45) is 17.4. The van der Waals surface area contributed by atoms with E-state index in [0.717, 1.165) is 135 Å². The average Bonchev–Trinajstić information content (AvgIpc) is 3.25. The van der Waals surface area contributed by atoms with Gasteiger partial charge in [-0.05, 0) is 177 Å². The van der Waals surface area contributed by atoms with Gasteiger partial charge in [0.2, 0.25) is 11.8 Å². The number of fused-ring (bicyclic) bond motifs is 2. The number of halogens is 2. The molecule has 2 aromatic rings. The van der Waals surface area contributed by atoms with E-state index in [0.29, 0.717) is 47.2 Å². The van der Waals surface area contributed by atoms with Gasteiger partial charge in [-0.2, -0.15) is 0 Å². The number of piperidine rings is 2. The number of aryl methyl sites for hydroxylation is 1. The van der Waals surface area contributed by atoms with Crippen LogP contribution >= 0.6 is 23.2 Å². The van der Waals surface area contributed by atoms with Crippen LogP contribution in [0.25, 0.3) is 0 Å². The fraction of sp³-hybridized carbons (Fsp3) is 0.745. The van der Waals surface area contributed by atoms with E-state index in [1.54, 1.807) is 0 Å². The molecule has 2 aromatic carbocycles. The van der Waals surface area contributed by atoms with Crippen LogP contribution in [0.15, 0.2) is 54.6 Å². The van der Waals surface area contributed by atoms with E-state index >= 15 is 9.59 Å². The molecule has 10 rings (SSSR count). The van der Waals surface area contributed by atoms with Crippen molar-refractivity contribution in [3.05, 3.63) is 71.3 Å². The summed E-state index contributed by atoms with van der Waals surface area (Å²) in [7, 11) is 0. The monoisotopic (exact) mass is 899 g/mol. The number of likely N-dealkylation sites (tertiary alicyclic amines) is 2. The third-order valence-electron chi connectivity index (χ3n) is 19.6. The highest BCUT2D eigenvalue weighted by atomic mass is 35.5. The summed E-state index contributed by atoms with van der Waals surface area (Å²) in [4.78, 5) is 34.7. The number of hydrogen-bond acceptors (Lipinski definition) is 4. The minimum absolute atomic E-state index is 0.0257. The van der Waals surface area contributed by atoms with Crippen LogP contribution < -0.4 is 11.5 Å². The summed E-state index contributed by atoms with van der Waals surface area (Å²) in [5.41, 5.74) is 16.8. The molecule has 2 aliphatic heterocycles. The maximum Gasteiger partial charge on any atom is 0.228 e. The smallest absolute Gasteiger partial charge is 0.228 e. The quantitative estimate of drug-likeness (QED) is 0.208. The van der Waals surface area contributed by atoms with Gasteiger partial charge in [-0.3, -0.25) is 9.59 Å². The van der Waals surface area contributed by atoms with Crippen LogP contribution in [0.1, 0.15) is 154 Å². The van der Waals surface area contributed by atoms with Crippen molar-refractivity contribution in [2.24, 2.45) is 62.2 Å². The number of rotatable bonds is 12. The minimum atomic E-state index is -0.344. The largest absolute Gasteiger partial charge is 0.342 e. The van der Waals surface area contributed by atoms with Crippen molar-refractivity contribution in [2.45, 2.75) is 167 Å². The lowest BCUT2D eigenvalue weighted by atomic mass is 9.35. The number of nitrogens with zero attached hydrogens (tertiary/aromatic N) is 2. The fourth-order valence-electron chi connectivity index (χ4n) is 16.8. The van der Waals surface area contributed by atoms with Crippen molar-refractivity contribution in [1.82, 2.24) is 9.80 Å². The molecule has 0 spiro atoms. The van der Waals surface area contributed by atoms with E-state index in [9.17, 15) is 0 Å². The molecular weight excluding hydrogens is 820 g/mol. The molecule has 6 aliphatic carbocycles. The molecule has 8 atom stereocenters. The van der Waals surface area contributed by atoms with Gasteiger partial charge in [0.1, 0.15) is 0 Å². The van der Waals surface area contributed by atoms with Gasteiger partial charge >= 0.3 is 0 Å². The third kappa shape index (κ3) is 8.05.